The van der Waals surface area contributed by atoms with Gasteiger partial charge in [0.15, 0.2) is 0 Å². The Morgan fingerprint density at radius 1 is 1.19 bits per heavy atom. The Morgan fingerprint density at radius 2 is 1.85 bits per heavy atom. The summed E-state index contributed by atoms with van der Waals surface area (Å²) in [6.45, 7) is 12.1. The van der Waals surface area contributed by atoms with E-state index in [4.69, 9.17) is 16.3 Å². The first-order chi connectivity index (χ1) is 12.0. The Morgan fingerprint density at radius 3 is 2.38 bits per heavy atom. The molecule has 0 unspecified atom stereocenters. The molecule has 1 saturated heterocycles. The molecular weight excluding hydrogens is 352 g/mol. The van der Waals surface area contributed by atoms with Crippen molar-refractivity contribution in [3.05, 3.63) is 34.9 Å². The van der Waals surface area contributed by atoms with Crippen LogP contribution in [0.25, 0.3) is 0 Å². The number of carbonyl (C=O) groups is 2. The Labute approximate surface area is 161 Å². The smallest absolute Gasteiger partial charge is 0.410 e. The molecule has 1 heterocycles. The molecule has 0 spiro atoms. The fourth-order valence-electron chi connectivity index (χ4n) is 3.14. The second kappa shape index (κ2) is 7.87. The summed E-state index contributed by atoms with van der Waals surface area (Å²) >= 11 is 6.16. The van der Waals surface area contributed by atoms with Crippen LogP contribution in [-0.2, 0) is 9.53 Å². The van der Waals surface area contributed by atoms with Crippen molar-refractivity contribution >= 4 is 23.6 Å². The standard InChI is InChI=1S/C20H29ClN2O3/c1-13(2)18(24)22-12-17(15-8-7-9-16(21)10-15)23(11-14(22)3)19(25)26-20(4,5)6/h7-10,13-14,17H,11-12H2,1-6H3/t14-,17-/m1/s1. The summed E-state index contributed by atoms with van der Waals surface area (Å²) in [6.07, 6.45) is -0.369. The van der Waals surface area contributed by atoms with Crippen LogP contribution in [0.5, 0.6) is 0 Å². The second-order valence-corrected chi connectivity index (χ2v) is 8.63. The van der Waals surface area contributed by atoms with E-state index in [0.29, 0.717) is 18.1 Å². The number of amides is 2. The van der Waals surface area contributed by atoms with Crippen molar-refractivity contribution in [1.29, 1.82) is 0 Å². The number of rotatable bonds is 2. The third-order valence-electron chi connectivity index (χ3n) is 4.38. The first-order valence-corrected chi connectivity index (χ1v) is 9.43. The molecule has 0 radical (unpaired) electrons. The fourth-order valence-corrected chi connectivity index (χ4v) is 3.33. The van der Waals surface area contributed by atoms with Crippen molar-refractivity contribution in [2.45, 2.75) is 59.2 Å². The lowest BCUT2D eigenvalue weighted by Crippen LogP contribution is -2.58. The van der Waals surface area contributed by atoms with E-state index in [1.54, 1.807) is 11.0 Å². The van der Waals surface area contributed by atoms with Crippen LogP contribution in [-0.4, -0.2) is 46.5 Å². The normalized spacial score (nSPS) is 21.1. The molecule has 2 rings (SSSR count). The van der Waals surface area contributed by atoms with Crippen LogP contribution >= 0.6 is 11.6 Å². The Balaban J connectivity index is 2.36. The van der Waals surface area contributed by atoms with Crippen molar-refractivity contribution in [3.63, 3.8) is 0 Å². The van der Waals surface area contributed by atoms with Crippen LogP contribution in [0, 0.1) is 5.92 Å². The van der Waals surface area contributed by atoms with Gasteiger partial charge >= 0.3 is 6.09 Å². The average molecular weight is 381 g/mol. The van der Waals surface area contributed by atoms with Crippen molar-refractivity contribution in [2.75, 3.05) is 13.1 Å². The van der Waals surface area contributed by atoms with Crippen LogP contribution in [0.3, 0.4) is 0 Å². The van der Waals surface area contributed by atoms with Gasteiger partial charge in [-0.1, -0.05) is 37.6 Å². The third-order valence-corrected chi connectivity index (χ3v) is 4.61. The zero-order valence-electron chi connectivity index (χ0n) is 16.5. The molecule has 1 fully saturated rings. The van der Waals surface area contributed by atoms with Crippen LogP contribution in [0.1, 0.15) is 53.1 Å². The van der Waals surface area contributed by atoms with Gasteiger partial charge in [0.1, 0.15) is 5.60 Å². The van der Waals surface area contributed by atoms with Gasteiger partial charge in [0.2, 0.25) is 5.91 Å². The number of carbonyl (C=O) groups excluding carboxylic acids is 2. The molecule has 1 aliphatic heterocycles. The minimum absolute atomic E-state index is 0.0761. The van der Waals surface area contributed by atoms with Crippen LogP contribution in [0.15, 0.2) is 24.3 Å². The van der Waals surface area contributed by atoms with Crippen LogP contribution < -0.4 is 0 Å². The van der Waals surface area contributed by atoms with Crippen molar-refractivity contribution < 1.29 is 14.3 Å². The van der Waals surface area contributed by atoms with E-state index in [-0.39, 0.29) is 30.0 Å². The maximum atomic E-state index is 12.8. The van der Waals surface area contributed by atoms with Gasteiger partial charge in [-0.25, -0.2) is 4.79 Å². The third kappa shape index (κ3) is 4.91. The quantitative estimate of drug-likeness (QED) is 0.758. The molecule has 0 aliphatic carbocycles. The summed E-state index contributed by atoms with van der Waals surface area (Å²) in [5.41, 5.74) is 0.321. The monoisotopic (exact) mass is 380 g/mol. The number of piperazine rings is 1. The molecule has 0 N–H and O–H groups in total. The van der Waals surface area contributed by atoms with Crippen molar-refractivity contribution in [1.82, 2.24) is 9.80 Å². The molecule has 2 atom stereocenters. The molecule has 1 aliphatic rings. The Kier molecular flexibility index (Phi) is 6.22. The lowest BCUT2D eigenvalue weighted by atomic mass is 9.98. The van der Waals surface area contributed by atoms with Crippen LogP contribution in [0.2, 0.25) is 5.02 Å². The van der Waals surface area contributed by atoms with E-state index in [9.17, 15) is 9.59 Å². The molecule has 0 aromatic heterocycles. The van der Waals surface area contributed by atoms with Crippen molar-refractivity contribution in [3.8, 4) is 0 Å². The SMILES string of the molecule is CC(C)C(=O)N1C[C@H](c2cccc(Cl)c2)N(C(=O)OC(C)(C)C)C[C@H]1C. The fraction of sp³-hybridized carbons (Fsp3) is 0.600. The summed E-state index contributed by atoms with van der Waals surface area (Å²) in [5.74, 6) is -0.00101. The highest BCUT2D eigenvalue weighted by molar-refractivity contribution is 6.30. The zero-order chi connectivity index (χ0) is 19.6. The highest BCUT2D eigenvalue weighted by atomic mass is 35.5. The summed E-state index contributed by atoms with van der Waals surface area (Å²) in [7, 11) is 0. The minimum Gasteiger partial charge on any atom is -0.444 e. The van der Waals surface area contributed by atoms with Gasteiger partial charge in [-0.15, -0.1) is 0 Å². The van der Waals surface area contributed by atoms with E-state index < -0.39 is 5.60 Å². The van der Waals surface area contributed by atoms with E-state index >= 15 is 0 Å². The van der Waals surface area contributed by atoms with Gasteiger partial charge in [0.25, 0.3) is 0 Å². The molecule has 26 heavy (non-hydrogen) atoms. The van der Waals surface area contributed by atoms with E-state index in [1.807, 2.05) is 64.6 Å². The van der Waals surface area contributed by atoms with Gasteiger partial charge in [0, 0.05) is 30.1 Å². The molecule has 1 aromatic carbocycles. The minimum atomic E-state index is -0.579. The highest BCUT2D eigenvalue weighted by Crippen LogP contribution is 2.31. The topological polar surface area (TPSA) is 49.9 Å². The maximum Gasteiger partial charge on any atom is 0.410 e. The highest BCUT2D eigenvalue weighted by Gasteiger charge is 2.39. The zero-order valence-corrected chi connectivity index (χ0v) is 17.2. The number of hydrogen-bond acceptors (Lipinski definition) is 3. The molecule has 6 heteroatoms. The predicted octanol–water partition coefficient (Wildman–Crippen LogP) is 4.50. The van der Waals surface area contributed by atoms with Gasteiger partial charge in [-0.3, -0.25) is 9.69 Å². The molecular formula is C20H29ClN2O3. The Hall–Kier alpha value is -1.75. The van der Waals surface area contributed by atoms with E-state index in [2.05, 4.69) is 0 Å². The maximum absolute atomic E-state index is 12.8. The largest absolute Gasteiger partial charge is 0.444 e. The summed E-state index contributed by atoms with van der Waals surface area (Å²) in [5, 5.41) is 0.604. The summed E-state index contributed by atoms with van der Waals surface area (Å²) in [6, 6.07) is 7.07. The number of halogens is 1. The molecule has 0 saturated carbocycles. The molecule has 144 valence electrons. The number of hydrogen-bond donors (Lipinski definition) is 0. The molecule has 5 nitrogen and oxygen atoms in total. The number of ether oxygens (including phenoxy) is 1. The predicted molar refractivity (Wildman–Crippen MR) is 103 cm³/mol. The van der Waals surface area contributed by atoms with E-state index in [1.165, 1.54) is 0 Å². The summed E-state index contributed by atoms with van der Waals surface area (Å²) < 4.78 is 5.60. The molecule has 0 bridgehead atoms. The second-order valence-electron chi connectivity index (χ2n) is 8.20. The van der Waals surface area contributed by atoms with Crippen LogP contribution in [0.4, 0.5) is 4.79 Å². The Bertz CT molecular complexity index is 669. The lowest BCUT2D eigenvalue weighted by Gasteiger charge is -2.46. The number of nitrogens with zero attached hydrogens (tertiary/aromatic N) is 2. The molecule has 1 aromatic rings. The van der Waals surface area contributed by atoms with Crippen molar-refractivity contribution in [2.24, 2.45) is 5.92 Å². The molecule has 2 amide bonds. The number of benzene rings is 1. The van der Waals surface area contributed by atoms with Gasteiger partial charge < -0.3 is 9.64 Å². The average Bonchev–Trinajstić information content (AvgIpc) is 2.52. The lowest BCUT2D eigenvalue weighted by molar-refractivity contribution is -0.140. The van der Waals surface area contributed by atoms with Gasteiger partial charge in [-0.05, 0) is 45.4 Å². The van der Waals surface area contributed by atoms with E-state index in [0.717, 1.165) is 5.56 Å². The summed E-state index contributed by atoms with van der Waals surface area (Å²) in [4.78, 5) is 29.0. The first kappa shape index (κ1) is 20.6. The van der Waals surface area contributed by atoms with Gasteiger partial charge in [-0.2, -0.15) is 0 Å². The van der Waals surface area contributed by atoms with Gasteiger partial charge in [0.05, 0.1) is 6.04 Å². The first-order valence-electron chi connectivity index (χ1n) is 9.05.